The summed E-state index contributed by atoms with van der Waals surface area (Å²) in [5.41, 5.74) is 10.2. The minimum Gasteiger partial charge on any atom is -0.248 e. The zero-order chi connectivity index (χ0) is 39.6. The van der Waals surface area contributed by atoms with Crippen molar-refractivity contribution in [2.75, 3.05) is 0 Å². The Balaban J connectivity index is 1.08. The van der Waals surface area contributed by atoms with E-state index in [2.05, 4.69) is 206 Å². The Morgan fingerprint density at radius 1 is 0.200 bits per heavy atom. The van der Waals surface area contributed by atoms with Crippen LogP contribution in [0.25, 0.3) is 121 Å². The first-order chi connectivity index (χ1) is 29.6. The molecule has 0 atom stereocenters. The second-order valence-corrected chi connectivity index (χ2v) is 15.6. The average Bonchev–Trinajstić information content (AvgIpc) is 3.31. The van der Waals surface area contributed by atoms with Crippen molar-refractivity contribution in [2.45, 2.75) is 0 Å². The van der Waals surface area contributed by atoms with E-state index < -0.39 is 0 Å². The van der Waals surface area contributed by atoms with Crippen LogP contribution in [-0.2, 0) is 0 Å². The molecule has 12 rings (SSSR count). The Labute approximate surface area is 346 Å². The molecule has 12 aromatic rings. The molecule has 0 aliphatic heterocycles. The monoisotopic (exact) mass is 762 g/mol. The van der Waals surface area contributed by atoms with Crippen LogP contribution in [0.1, 0.15) is 0 Å². The molecule has 3 heterocycles. The Hall–Kier alpha value is -8.08. The maximum atomic E-state index is 5.35. The first-order valence-electron chi connectivity index (χ1n) is 20.3. The normalized spacial score (nSPS) is 11.7. The van der Waals surface area contributed by atoms with E-state index in [4.69, 9.17) is 19.9 Å². The summed E-state index contributed by atoms with van der Waals surface area (Å²) in [6.07, 6.45) is 0. The van der Waals surface area contributed by atoms with Crippen molar-refractivity contribution in [1.82, 2.24) is 19.9 Å². The molecule has 0 spiro atoms. The van der Waals surface area contributed by atoms with Gasteiger partial charge < -0.3 is 0 Å². The molecule has 0 aliphatic carbocycles. The Kier molecular flexibility index (Phi) is 7.82. The highest BCUT2D eigenvalue weighted by Crippen LogP contribution is 2.36. The predicted octanol–water partition coefficient (Wildman–Crippen LogP) is 14.5. The van der Waals surface area contributed by atoms with Crippen molar-refractivity contribution in [3.05, 3.63) is 206 Å². The number of hydrogen-bond acceptors (Lipinski definition) is 4. The van der Waals surface area contributed by atoms with Gasteiger partial charge in [-0.15, -0.1) is 0 Å². The highest BCUT2D eigenvalue weighted by molar-refractivity contribution is 5.99. The minimum absolute atomic E-state index is 0.666. The fourth-order valence-corrected chi connectivity index (χ4v) is 8.57. The molecule has 0 radical (unpaired) electrons. The van der Waals surface area contributed by atoms with Gasteiger partial charge >= 0.3 is 0 Å². The van der Waals surface area contributed by atoms with Crippen LogP contribution in [0.15, 0.2) is 206 Å². The molecule has 278 valence electrons. The maximum absolute atomic E-state index is 5.35. The van der Waals surface area contributed by atoms with Gasteiger partial charge in [-0.2, -0.15) is 0 Å². The van der Waals surface area contributed by atoms with E-state index >= 15 is 0 Å². The highest BCUT2D eigenvalue weighted by Gasteiger charge is 2.16. The molecular weight excluding hydrogens is 729 g/mol. The van der Waals surface area contributed by atoms with Crippen molar-refractivity contribution in [3.8, 4) is 56.4 Å². The van der Waals surface area contributed by atoms with Crippen molar-refractivity contribution in [2.24, 2.45) is 0 Å². The predicted molar refractivity (Wildman–Crippen MR) is 250 cm³/mol. The summed E-state index contributed by atoms with van der Waals surface area (Å²) in [4.78, 5) is 21.2. The first kappa shape index (κ1) is 34.0. The van der Waals surface area contributed by atoms with Crippen LogP contribution in [0.4, 0.5) is 0 Å². The van der Waals surface area contributed by atoms with E-state index in [0.717, 1.165) is 83.2 Å². The molecular formula is C56H34N4. The smallest absolute Gasteiger partial charge is 0.160 e. The molecule has 60 heavy (non-hydrogen) atoms. The van der Waals surface area contributed by atoms with Gasteiger partial charge in [0.25, 0.3) is 0 Å². The quantitative estimate of drug-likeness (QED) is 0.164. The average molecular weight is 763 g/mol. The number of rotatable bonds is 5. The zero-order valence-corrected chi connectivity index (χ0v) is 32.4. The van der Waals surface area contributed by atoms with Crippen LogP contribution >= 0.6 is 0 Å². The molecule has 4 heteroatoms. The largest absolute Gasteiger partial charge is 0.248 e. The number of aromatic nitrogens is 4. The zero-order valence-electron chi connectivity index (χ0n) is 32.4. The van der Waals surface area contributed by atoms with E-state index in [1.54, 1.807) is 0 Å². The van der Waals surface area contributed by atoms with Gasteiger partial charge in [-0.25, -0.2) is 19.9 Å². The second-order valence-electron chi connectivity index (χ2n) is 15.6. The topological polar surface area (TPSA) is 51.6 Å². The molecule has 0 bridgehead atoms. The molecule has 3 aromatic heterocycles. The van der Waals surface area contributed by atoms with Gasteiger partial charge in [0.1, 0.15) is 0 Å². The van der Waals surface area contributed by atoms with Gasteiger partial charge in [-0.3, -0.25) is 0 Å². The molecule has 0 saturated heterocycles. The second kappa shape index (κ2) is 13.8. The summed E-state index contributed by atoms with van der Waals surface area (Å²) < 4.78 is 0. The van der Waals surface area contributed by atoms with Gasteiger partial charge in [0.2, 0.25) is 0 Å². The number of pyridine rings is 2. The molecule has 4 nitrogen and oxygen atoms in total. The lowest BCUT2D eigenvalue weighted by atomic mass is 9.97. The first-order valence-corrected chi connectivity index (χ1v) is 20.3. The number of hydrogen-bond donors (Lipinski definition) is 0. The third-order valence-corrected chi connectivity index (χ3v) is 11.7. The lowest BCUT2D eigenvalue weighted by molar-refractivity contribution is 1.18. The van der Waals surface area contributed by atoms with Gasteiger partial charge in [-0.05, 0) is 116 Å². The molecule has 0 fully saturated rings. The van der Waals surface area contributed by atoms with Gasteiger partial charge in [0.05, 0.1) is 33.8 Å². The van der Waals surface area contributed by atoms with Crippen molar-refractivity contribution in [1.29, 1.82) is 0 Å². The van der Waals surface area contributed by atoms with Crippen LogP contribution in [0.3, 0.4) is 0 Å². The third-order valence-electron chi connectivity index (χ3n) is 11.7. The summed E-state index contributed by atoms with van der Waals surface area (Å²) in [5, 5.41) is 11.6. The summed E-state index contributed by atoms with van der Waals surface area (Å²) in [6.45, 7) is 0. The summed E-state index contributed by atoms with van der Waals surface area (Å²) in [6, 6.07) is 73.0. The molecule has 0 amide bonds. The SMILES string of the molecule is c1ccc2cc(-c3cc(-c4cc(-c5ccc6cc7ccccc7cc6n5)cc(-c5ccc6cc7ccccc7cc6n5)c4)nc(-c4ccc5ccccc5c4)n3)ccc2c1. The standard InChI is InChI=1S/C56H34N4/c1-3-11-37-25-43(19-17-35(37)9-1)54-34-55(60-56(59-54)46-20-18-36-10-2-4-12-38(36)28-46)49-30-47(50-23-21-44-26-39-13-5-7-15-41(39)32-52(44)57-50)29-48(31-49)51-24-22-45-27-40-14-6-8-16-42(40)33-53(45)58-51/h1-34H. The lowest BCUT2D eigenvalue weighted by Gasteiger charge is -2.14. The summed E-state index contributed by atoms with van der Waals surface area (Å²) in [7, 11) is 0. The van der Waals surface area contributed by atoms with Crippen LogP contribution < -0.4 is 0 Å². The van der Waals surface area contributed by atoms with Gasteiger partial charge in [0, 0.05) is 38.6 Å². The van der Waals surface area contributed by atoms with E-state index in [1.807, 2.05) is 0 Å². The molecule has 0 N–H and O–H groups in total. The van der Waals surface area contributed by atoms with E-state index in [9.17, 15) is 0 Å². The third kappa shape index (κ3) is 6.10. The van der Waals surface area contributed by atoms with Gasteiger partial charge in [0.15, 0.2) is 5.82 Å². The van der Waals surface area contributed by atoms with Crippen molar-refractivity contribution in [3.63, 3.8) is 0 Å². The van der Waals surface area contributed by atoms with Gasteiger partial charge in [-0.1, -0.05) is 133 Å². The van der Waals surface area contributed by atoms with Crippen LogP contribution in [-0.4, -0.2) is 19.9 Å². The van der Waals surface area contributed by atoms with E-state index in [-0.39, 0.29) is 0 Å². The van der Waals surface area contributed by atoms with E-state index in [1.165, 1.54) is 32.3 Å². The minimum atomic E-state index is 0.666. The molecule has 0 saturated carbocycles. The Bertz CT molecular complexity index is 3450. The Morgan fingerprint density at radius 3 is 1.07 bits per heavy atom. The van der Waals surface area contributed by atoms with Crippen LogP contribution in [0.5, 0.6) is 0 Å². The number of nitrogens with zero attached hydrogens (tertiary/aromatic N) is 4. The van der Waals surface area contributed by atoms with Crippen LogP contribution in [0.2, 0.25) is 0 Å². The van der Waals surface area contributed by atoms with Crippen LogP contribution in [0, 0.1) is 0 Å². The number of fused-ring (bicyclic) bond motifs is 6. The van der Waals surface area contributed by atoms with Crippen molar-refractivity contribution < 1.29 is 0 Å². The van der Waals surface area contributed by atoms with E-state index in [0.29, 0.717) is 5.82 Å². The Morgan fingerprint density at radius 2 is 0.567 bits per heavy atom. The fraction of sp³-hybridized carbons (Fsp3) is 0. The fourth-order valence-electron chi connectivity index (χ4n) is 8.57. The highest BCUT2D eigenvalue weighted by atomic mass is 14.9. The molecule has 0 aliphatic rings. The van der Waals surface area contributed by atoms with Crippen molar-refractivity contribution >= 4 is 64.9 Å². The molecule has 9 aromatic carbocycles. The molecule has 0 unspecified atom stereocenters. The maximum Gasteiger partial charge on any atom is 0.160 e. The number of benzene rings is 9. The summed E-state index contributed by atoms with van der Waals surface area (Å²) >= 11 is 0. The lowest BCUT2D eigenvalue weighted by Crippen LogP contribution is -1.97. The summed E-state index contributed by atoms with van der Waals surface area (Å²) in [5.74, 6) is 0.666.